The second kappa shape index (κ2) is 9.36. The van der Waals surface area contributed by atoms with Crippen LogP contribution >= 0.6 is 27.3 Å². The van der Waals surface area contributed by atoms with Gasteiger partial charge in [0.05, 0.1) is 6.04 Å². The number of benzene rings is 1. The summed E-state index contributed by atoms with van der Waals surface area (Å²) < 4.78 is 6.54. The topological polar surface area (TPSA) is 41.6 Å². The Hall–Kier alpha value is -1.37. The lowest BCUT2D eigenvalue weighted by molar-refractivity contribution is -0.123. The molecule has 25 heavy (non-hydrogen) atoms. The maximum absolute atomic E-state index is 12.2. The minimum Gasteiger partial charge on any atom is -0.484 e. The highest BCUT2D eigenvalue weighted by atomic mass is 79.9. The highest BCUT2D eigenvalue weighted by Gasteiger charge is 2.23. The molecule has 1 amide bonds. The molecule has 1 fully saturated rings. The molecular weight excluding hydrogens is 400 g/mol. The minimum atomic E-state index is -0.0820. The molecule has 0 bridgehead atoms. The van der Waals surface area contributed by atoms with Crippen molar-refractivity contribution < 1.29 is 9.53 Å². The summed E-state index contributed by atoms with van der Waals surface area (Å²) in [6.45, 7) is 2.88. The number of thiophene rings is 1. The Kier molecular flexibility index (Phi) is 6.90. The van der Waals surface area contributed by atoms with Gasteiger partial charge < -0.3 is 10.1 Å². The maximum atomic E-state index is 12.2. The third-order valence-electron chi connectivity index (χ3n) is 4.38. The van der Waals surface area contributed by atoms with Gasteiger partial charge in [0.15, 0.2) is 6.61 Å². The van der Waals surface area contributed by atoms with Crippen LogP contribution in [0, 0.1) is 0 Å². The van der Waals surface area contributed by atoms with Gasteiger partial charge >= 0.3 is 0 Å². The maximum Gasteiger partial charge on any atom is 0.258 e. The van der Waals surface area contributed by atoms with Crippen LogP contribution < -0.4 is 10.1 Å². The predicted molar refractivity (Wildman–Crippen MR) is 105 cm³/mol. The van der Waals surface area contributed by atoms with Gasteiger partial charge in [0.1, 0.15) is 5.75 Å². The van der Waals surface area contributed by atoms with Gasteiger partial charge in [-0.2, -0.15) is 0 Å². The van der Waals surface area contributed by atoms with Gasteiger partial charge in [-0.25, -0.2) is 0 Å². The van der Waals surface area contributed by atoms with Crippen molar-refractivity contribution in [1.29, 1.82) is 0 Å². The van der Waals surface area contributed by atoms with E-state index in [1.807, 2.05) is 24.3 Å². The number of amides is 1. The number of nitrogens with one attached hydrogen (secondary N) is 1. The number of rotatable bonds is 7. The van der Waals surface area contributed by atoms with E-state index in [-0.39, 0.29) is 18.6 Å². The Morgan fingerprint density at radius 2 is 1.96 bits per heavy atom. The Labute approximate surface area is 161 Å². The molecule has 1 atom stereocenters. The molecule has 6 heteroatoms. The Morgan fingerprint density at radius 3 is 2.64 bits per heavy atom. The van der Waals surface area contributed by atoms with Gasteiger partial charge in [-0.3, -0.25) is 9.69 Å². The first-order valence-corrected chi connectivity index (χ1v) is 10.3. The molecule has 2 heterocycles. The summed E-state index contributed by atoms with van der Waals surface area (Å²) >= 11 is 5.14. The second-order valence-corrected chi connectivity index (χ2v) is 8.07. The zero-order chi connectivity index (χ0) is 17.5. The zero-order valence-corrected chi connectivity index (χ0v) is 16.5. The van der Waals surface area contributed by atoms with E-state index in [0.717, 1.165) is 17.6 Å². The third kappa shape index (κ3) is 5.56. The molecule has 0 spiro atoms. The fourth-order valence-electron chi connectivity index (χ4n) is 3.06. The lowest BCUT2D eigenvalue weighted by Gasteiger charge is -2.34. The molecule has 0 aliphatic carbocycles. The molecular formula is C19H23BrN2O2S. The van der Waals surface area contributed by atoms with E-state index < -0.39 is 0 Å². The van der Waals surface area contributed by atoms with E-state index in [0.29, 0.717) is 12.3 Å². The molecule has 2 aromatic rings. The van der Waals surface area contributed by atoms with E-state index in [4.69, 9.17) is 4.74 Å². The summed E-state index contributed by atoms with van der Waals surface area (Å²) in [7, 11) is 0. The SMILES string of the molecule is O=C(COc1ccc(Br)cc1)NC[C@@H](c1cccs1)N1CCCCC1. The molecule has 0 unspecified atom stereocenters. The van der Waals surface area contributed by atoms with Gasteiger partial charge in [-0.05, 0) is 61.6 Å². The lowest BCUT2D eigenvalue weighted by atomic mass is 10.1. The van der Waals surface area contributed by atoms with E-state index in [1.54, 1.807) is 11.3 Å². The van der Waals surface area contributed by atoms with Crippen molar-refractivity contribution in [3.05, 3.63) is 51.1 Å². The fourth-order valence-corrected chi connectivity index (χ4v) is 4.19. The number of halogens is 1. The van der Waals surface area contributed by atoms with Crippen LogP contribution in [0.2, 0.25) is 0 Å². The summed E-state index contributed by atoms with van der Waals surface area (Å²) in [4.78, 5) is 16.0. The molecule has 134 valence electrons. The number of carbonyl (C=O) groups is 1. The Morgan fingerprint density at radius 1 is 1.20 bits per heavy atom. The molecule has 1 aromatic heterocycles. The van der Waals surface area contributed by atoms with Crippen molar-refractivity contribution in [3.8, 4) is 5.75 Å². The van der Waals surface area contributed by atoms with E-state index in [9.17, 15) is 4.79 Å². The number of piperidine rings is 1. The number of ether oxygens (including phenoxy) is 1. The van der Waals surface area contributed by atoms with Gasteiger partial charge in [0, 0.05) is 15.9 Å². The fraction of sp³-hybridized carbons (Fsp3) is 0.421. The van der Waals surface area contributed by atoms with Gasteiger partial charge in [0.25, 0.3) is 5.91 Å². The molecule has 1 N–H and O–H groups in total. The van der Waals surface area contributed by atoms with Crippen LogP contribution in [0.5, 0.6) is 5.75 Å². The van der Waals surface area contributed by atoms with E-state index in [1.165, 1.54) is 24.1 Å². The van der Waals surface area contributed by atoms with Crippen LogP contribution in [-0.2, 0) is 4.79 Å². The van der Waals surface area contributed by atoms with Crippen LogP contribution in [0.15, 0.2) is 46.3 Å². The van der Waals surface area contributed by atoms with Crippen molar-refractivity contribution in [2.45, 2.75) is 25.3 Å². The molecule has 0 saturated carbocycles. The summed E-state index contributed by atoms with van der Waals surface area (Å²) in [5, 5.41) is 5.14. The first kappa shape index (κ1) is 18.4. The summed E-state index contributed by atoms with van der Waals surface area (Å²) in [5.74, 6) is 0.616. The predicted octanol–water partition coefficient (Wildman–Crippen LogP) is 4.23. The number of nitrogens with zero attached hydrogens (tertiary/aromatic N) is 1. The quantitative estimate of drug-likeness (QED) is 0.725. The monoisotopic (exact) mass is 422 g/mol. The average molecular weight is 423 g/mol. The standard InChI is InChI=1S/C19H23BrN2O2S/c20-15-6-8-16(9-7-15)24-14-19(23)21-13-17(18-5-4-12-25-18)22-10-2-1-3-11-22/h4-9,12,17H,1-3,10-11,13-14H2,(H,21,23)/t17-/m0/s1. The van der Waals surface area contributed by atoms with Crippen LogP contribution in [0.4, 0.5) is 0 Å². The number of hydrogen-bond donors (Lipinski definition) is 1. The normalized spacial score (nSPS) is 16.4. The highest BCUT2D eigenvalue weighted by Crippen LogP contribution is 2.27. The van der Waals surface area contributed by atoms with E-state index >= 15 is 0 Å². The van der Waals surface area contributed by atoms with Gasteiger partial charge in [0.2, 0.25) is 0 Å². The zero-order valence-electron chi connectivity index (χ0n) is 14.1. The molecule has 1 aliphatic heterocycles. The Bertz CT molecular complexity index is 655. The molecule has 0 radical (unpaired) electrons. The van der Waals surface area contributed by atoms with Crippen molar-refractivity contribution in [2.75, 3.05) is 26.2 Å². The Balaban J connectivity index is 1.51. The minimum absolute atomic E-state index is 0.0405. The van der Waals surface area contributed by atoms with Gasteiger partial charge in [-0.1, -0.05) is 28.4 Å². The van der Waals surface area contributed by atoms with Crippen LogP contribution in [0.3, 0.4) is 0 Å². The number of carbonyl (C=O) groups excluding carboxylic acids is 1. The van der Waals surface area contributed by atoms with Crippen molar-refractivity contribution in [2.24, 2.45) is 0 Å². The second-order valence-electron chi connectivity index (χ2n) is 6.17. The van der Waals surface area contributed by atoms with Crippen LogP contribution in [0.25, 0.3) is 0 Å². The van der Waals surface area contributed by atoms with Crippen LogP contribution in [0.1, 0.15) is 30.2 Å². The van der Waals surface area contributed by atoms with Crippen molar-refractivity contribution in [1.82, 2.24) is 10.2 Å². The third-order valence-corrected chi connectivity index (χ3v) is 5.88. The number of likely N-dealkylation sites (tertiary alicyclic amines) is 1. The highest BCUT2D eigenvalue weighted by molar-refractivity contribution is 9.10. The molecule has 3 rings (SSSR count). The van der Waals surface area contributed by atoms with E-state index in [2.05, 4.69) is 43.7 Å². The summed E-state index contributed by atoms with van der Waals surface area (Å²) in [6.07, 6.45) is 3.78. The van der Waals surface area contributed by atoms with Gasteiger partial charge in [-0.15, -0.1) is 11.3 Å². The first-order valence-electron chi connectivity index (χ1n) is 8.65. The molecule has 1 aliphatic rings. The summed E-state index contributed by atoms with van der Waals surface area (Å²) in [6, 6.07) is 12.0. The first-order chi connectivity index (χ1) is 12.2. The largest absolute Gasteiger partial charge is 0.484 e. The lowest BCUT2D eigenvalue weighted by Crippen LogP contribution is -2.41. The smallest absolute Gasteiger partial charge is 0.258 e. The molecule has 1 saturated heterocycles. The van der Waals surface area contributed by atoms with Crippen molar-refractivity contribution >= 4 is 33.2 Å². The number of hydrogen-bond acceptors (Lipinski definition) is 4. The average Bonchev–Trinajstić information content (AvgIpc) is 3.17. The molecule has 4 nitrogen and oxygen atoms in total. The van der Waals surface area contributed by atoms with Crippen LogP contribution in [-0.4, -0.2) is 37.0 Å². The summed E-state index contributed by atoms with van der Waals surface area (Å²) in [5.41, 5.74) is 0. The molecule has 1 aromatic carbocycles. The van der Waals surface area contributed by atoms with Crippen molar-refractivity contribution in [3.63, 3.8) is 0 Å².